The summed E-state index contributed by atoms with van der Waals surface area (Å²) in [5.41, 5.74) is 2.39. The second kappa shape index (κ2) is 12.9. The molecule has 1 saturated heterocycles. The molecule has 0 radical (unpaired) electrons. The van der Waals surface area contributed by atoms with Gasteiger partial charge < -0.3 is 28.3 Å². The molecule has 1 atom stereocenters. The van der Waals surface area contributed by atoms with Gasteiger partial charge in [0.1, 0.15) is 12.0 Å². The van der Waals surface area contributed by atoms with Gasteiger partial charge in [0.15, 0.2) is 17.2 Å². The maximum absolute atomic E-state index is 13.2. The number of ether oxygens (including phenoxy) is 4. The molecule has 10 heteroatoms. The van der Waals surface area contributed by atoms with Gasteiger partial charge in [0, 0.05) is 26.2 Å². The first kappa shape index (κ1) is 27.5. The van der Waals surface area contributed by atoms with Crippen LogP contribution in [0.2, 0.25) is 0 Å². The number of rotatable bonds is 11. The number of oxazole rings is 1. The molecule has 10 nitrogen and oxygen atoms in total. The Kier molecular flexibility index (Phi) is 8.85. The van der Waals surface area contributed by atoms with Crippen LogP contribution in [-0.4, -0.2) is 59.8 Å². The van der Waals surface area contributed by atoms with Crippen molar-refractivity contribution in [1.29, 1.82) is 0 Å². The average Bonchev–Trinajstić information content (AvgIpc) is 3.63. The molecule has 1 amide bonds. The molecule has 0 aliphatic carbocycles. The number of benzene rings is 2. The second-order valence-electron chi connectivity index (χ2n) is 9.88. The van der Waals surface area contributed by atoms with Gasteiger partial charge in [-0.1, -0.05) is 18.2 Å². The lowest BCUT2D eigenvalue weighted by molar-refractivity contribution is -0.149. The Morgan fingerprint density at radius 3 is 2.58 bits per heavy atom. The Bertz CT molecular complexity index is 1310. The molecule has 2 aromatic carbocycles. The van der Waals surface area contributed by atoms with Gasteiger partial charge in [-0.05, 0) is 62.1 Å². The minimum Gasteiger partial charge on any atom is -0.494 e. The molecule has 1 aromatic heterocycles. The molecule has 3 heterocycles. The van der Waals surface area contributed by atoms with Crippen molar-refractivity contribution in [3.63, 3.8) is 0 Å². The third-order valence-electron chi connectivity index (χ3n) is 6.94. The number of amides is 1. The molecule has 212 valence electrons. The first-order valence-corrected chi connectivity index (χ1v) is 13.7. The lowest BCUT2D eigenvalue weighted by Gasteiger charge is -2.30. The lowest BCUT2D eigenvalue weighted by Crippen LogP contribution is -2.43. The van der Waals surface area contributed by atoms with E-state index in [1.807, 2.05) is 49.4 Å². The Hall–Kier alpha value is -4.05. The zero-order valence-corrected chi connectivity index (χ0v) is 23.0. The predicted molar refractivity (Wildman–Crippen MR) is 145 cm³/mol. The number of hydrogen-bond acceptors (Lipinski definition) is 9. The van der Waals surface area contributed by atoms with Crippen molar-refractivity contribution in [2.75, 3.05) is 33.1 Å². The predicted octanol–water partition coefficient (Wildman–Crippen LogP) is 4.42. The molecule has 1 fully saturated rings. The average molecular weight is 550 g/mol. The SMILES string of the molecule is CCOC(=O)C1CCCN(C(=O)c2coc(CN(Cc3ccc(OCC)cc3)Cc3ccc4c(c3)OCO4)n2)C1. The minimum atomic E-state index is -0.310. The Morgan fingerprint density at radius 2 is 1.77 bits per heavy atom. The van der Waals surface area contributed by atoms with Crippen molar-refractivity contribution in [1.82, 2.24) is 14.8 Å². The number of likely N-dealkylation sites (tertiary alicyclic amines) is 1. The number of aromatic nitrogens is 1. The highest BCUT2D eigenvalue weighted by atomic mass is 16.7. The molecular weight excluding hydrogens is 514 g/mol. The first-order valence-electron chi connectivity index (χ1n) is 13.7. The summed E-state index contributed by atoms with van der Waals surface area (Å²) in [5.74, 6) is 1.93. The van der Waals surface area contributed by atoms with Crippen molar-refractivity contribution in [2.24, 2.45) is 5.92 Å². The van der Waals surface area contributed by atoms with Crippen LogP contribution < -0.4 is 14.2 Å². The molecule has 2 aliphatic heterocycles. The fraction of sp³-hybridized carbons (Fsp3) is 0.433. The summed E-state index contributed by atoms with van der Waals surface area (Å²) in [7, 11) is 0. The summed E-state index contributed by atoms with van der Waals surface area (Å²) in [5, 5.41) is 0. The van der Waals surface area contributed by atoms with Crippen LogP contribution in [0.3, 0.4) is 0 Å². The van der Waals surface area contributed by atoms with Crippen molar-refractivity contribution >= 4 is 11.9 Å². The molecule has 0 N–H and O–H groups in total. The van der Waals surface area contributed by atoms with Crippen molar-refractivity contribution in [3.05, 3.63) is 71.4 Å². The largest absolute Gasteiger partial charge is 0.494 e. The summed E-state index contributed by atoms with van der Waals surface area (Å²) in [6.45, 7) is 7.42. The highest BCUT2D eigenvalue weighted by Gasteiger charge is 2.31. The highest BCUT2D eigenvalue weighted by Crippen LogP contribution is 2.33. The Balaban J connectivity index is 1.29. The van der Waals surface area contributed by atoms with Gasteiger partial charge in [0.25, 0.3) is 5.91 Å². The number of carbonyl (C=O) groups excluding carboxylic acids is 2. The maximum atomic E-state index is 13.2. The third kappa shape index (κ3) is 6.74. The molecule has 3 aromatic rings. The second-order valence-corrected chi connectivity index (χ2v) is 9.88. The van der Waals surface area contributed by atoms with Gasteiger partial charge in [-0.2, -0.15) is 0 Å². The number of hydrogen-bond donors (Lipinski definition) is 0. The van der Waals surface area contributed by atoms with Crippen LogP contribution in [0.25, 0.3) is 0 Å². The van der Waals surface area contributed by atoms with E-state index in [1.165, 1.54) is 6.26 Å². The molecule has 1 unspecified atom stereocenters. The van der Waals surface area contributed by atoms with Gasteiger partial charge >= 0.3 is 5.97 Å². The first-order chi connectivity index (χ1) is 19.5. The van der Waals surface area contributed by atoms with Crippen LogP contribution in [0.1, 0.15) is 54.2 Å². The van der Waals surface area contributed by atoms with Gasteiger partial charge in [-0.3, -0.25) is 14.5 Å². The maximum Gasteiger partial charge on any atom is 0.310 e. The van der Waals surface area contributed by atoms with Crippen LogP contribution in [-0.2, 0) is 29.2 Å². The number of fused-ring (bicyclic) bond motifs is 1. The Morgan fingerprint density at radius 1 is 1.00 bits per heavy atom. The summed E-state index contributed by atoms with van der Waals surface area (Å²) < 4.78 is 27.5. The molecule has 5 rings (SSSR count). The van der Waals surface area contributed by atoms with Gasteiger partial charge in [0.05, 0.1) is 25.7 Å². The van der Waals surface area contributed by atoms with E-state index in [2.05, 4.69) is 9.88 Å². The van der Waals surface area contributed by atoms with E-state index >= 15 is 0 Å². The number of carbonyl (C=O) groups is 2. The van der Waals surface area contributed by atoms with Crippen LogP contribution in [0.15, 0.2) is 53.1 Å². The van der Waals surface area contributed by atoms with E-state index in [0.29, 0.717) is 58.2 Å². The number of nitrogens with zero attached hydrogens (tertiary/aromatic N) is 3. The summed E-state index contributed by atoms with van der Waals surface area (Å²) in [6, 6.07) is 13.9. The molecule has 40 heavy (non-hydrogen) atoms. The third-order valence-corrected chi connectivity index (χ3v) is 6.94. The van der Waals surface area contributed by atoms with E-state index in [0.717, 1.165) is 34.8 Å². The van der Waals surface area contributed by atoms with Gasteiger partial charge in [-0.25, -0.2) is 4.98 Å². The normalized spacial score (nSPS) is 16.3. The van der Waals surface area contributed by atoms with Gasteiger partial charge in [0.2, 0.25) is 12.7 Å². The van der Waals surface area contributed by atoms with E-state index in [-0.39, 0.29) is 30.3 Å². The Labute approximate surface area is 233 Å². The fourth-order valence-corrected chi connectivity index (χ4v) is 5.03. The smallest absolute Gasteiger partial charge is 0.310 e. The molecule has 0 spiro atoms. The van der Waals surface area contributed by atoms with Crippen LogP contribution in [0.4, 0.5) is 0 Å². The minimum absolute atomic E-state index is 0.222. The van der Waals surface area contributed by atoms with E-state index in [4.69, 9.17) is 23.4 Å². The molecular formula is C30H35N3O7. The molecule has 2 aliphatic rings. The van der Waals surface area contributed by atoms with Crippen LogP contribution in [0, 0.1) is 5.92 Å². The quantitative estimate of drug-likeness (QED) is 0.322. The zero-order chi connectivity index (χ0) is 27.9. The van der Waals surface area contributed by atoms with Gasteiger partial charge in [-0.15, -0.1) is 0 Å². The monoisotopic (exact) mass is 549 g/mol. The number of piperidine rings is 1. The van der Waals surface area contributed by atoms with Crippen LogP contribution >= 0.6 is 0 Å². The van der Waals surface area contributed by atoms with Crippen LogP contribution in [0.5, 0.6) is 17.2 Å². The lowest BCUT2D eigenvalue weighted by atomic mass is 9.98. The topological polar surface area (TPSA) is 104 Å². The zero-order valence-electron chi connectivity index (χ0n) is 23.0. The standard InChI is InChI=1S/C30H35N3O7/c1-3-36-24-10-7-21(8-11-24)15-32(16-22-9-12-26-27(14-22)40-20-39-26)18-28-31-25(19-38-28)29(34)33-13-5-6-23(17-33)30(35)37-4-2/h7-12,14,19,23H,3-6,13,15-18,20H2,1-2H3. The fourth-order valence-electron chi connectivity index (χ4n) is 5.03. The van der Waals surface area contributed by atoms with Crippen molar-refractivity contribution in [3.8, 4) is 17.2 Å². The van der Waals surface area contributed by atoms with Crippen molar-refractivity contribution in [2.45, 2.75) is 46.3 Å². The summed E-state index contributed by atoms with van der Waals surface area (Å²) in [4.78, 5) is 33.8. The molecule has 0 bridgehead atoms. The number of esters is 1. The molecule has 0 saturated carbocycles. The van der Waals surface area contributed by atoms with Crippen molar-refractivity contribution < 1.29 is 33.0 Å². The van der Waals surface area contributed by atoms with E-state index in [9.17, 15) is 9.59 Å². The van der Waals surface area contributed by atoms with E-state index < -0.39 is 0 Å². The van der Waals surface area contributed by atoms with E-state index in [1.54, 1.807) is 11.8 Å². The highest BCUT2D eigenvalue weighted by molar-refractivity contribution is 5.92. The summed E-state index contributed by atoms with van der Waals surface area (Å²) in [6.07, 6.45) is 2.86. The summed E-state index contributed by atoms with van der Waals surface area (Å²) >= 11 is 0.